The Morgan fingerprint density at radius 3 is 3.00 bits per heavy atom. The number of hydrogen-bond acceptors (Lipinski definition) is 3. The van der Waals surface area contributed by atoms with Crippen molar-refractivity contribution < 1.29 is 4.79 Å². The third kappa shape index (κ3) is 4.04. The molecule has 20 heavy (non-hydrogen) atoms. The average molecular weight is 275 g/mol. The number of nitrogens with one attached hydrogen (secondary N) is 1. The van der Waals surface area contributed by atoms with Gasteiger partial charge >= 0.3 is 0 Å². The molecule has 4 nitrogen and oxygen atoms in total. The fourth-order valence-electron chi connectivity index (χ4n) is 2.70. The Bertz CT molecular complexity index is 444. The third-order valence-electron chi connectivity index (χ3n) is 4.04. The Morgan fingerprint density at radius 1 is 1.55 bits per heavy atom. The quantitative estimate of drug-likeness (QED) is 0.916. The van der Waals surface area contributed by atoms with Crippen LogP contribution in [0.2, 0.25) is 0 Å². The lowest BCUT2D eigenvalue weighted by Crippen LogP contribution is -2.46. The molecule has 1 saturated heterocycles. The monoisotopic (exact) mass is 275 g/mol. The van der Waals surface area contributed by atoms with Crippen LogP contribution in [0.1, 0.15) is 42.7 Å². The molecule has 1 aliphatic rings. The van der Waals surface area contributed by atoms with Crippen molar-refractivity contribution in [1.82, 2.24) is 15.2 Å². The molecule has 1 amide bonds. The molecule has 4 heteroatoms. The van der Waals surface area contributed by atoms with Crippen LogP contribution in [0, 0.1) is 12.8 Å². The third-order valence-corrected chi connectivity index (χ3v) is 4.04. The van der Waals surface area contributed by atoms with E-state index >= 15 is 0 Å². The number of piperidine rings is 1. The molecule has 1 aromatic heterocycles. The average Bonchev–Trinajstić information content (AvgIpc) is 2.45. The highest BCUT2D eigenvalue weighted by molar-refractivity contribution is 5.93. The molecule has 110 valence electrons. The summed E-state index contributed by atoms with van der Waals surface area (Å²) in [6, 6.07) is 4.08. The number of amides is 1. The largest absolute Gasteiger partial charge is 0.350 e. The number of nitrogens with zero attached hydrogens (tertiary/aromatic N) is 2. The van der Waals surface area contributed by atoms with Gasteiger partial charge in [-0.1, -0.05) is 6.92 Å². The lowest BCUT2D eigenvalue weighted by Gasteiger charge is -2.35. The van der Waals surface area contributed by atoms with E-state index in [1.165, 1.54) is 12.8 Å². The topological polar surface area (TPSA) is 45.2 Å². The van der Waals surface area contributed by atoms with Crippen LogP contribution in [-0.2, 0) is 0 Å². The molecule has 2 atom stereocenters. The summed E-state index contributed by atoms with van der Waals surface area (Å²) < 4.78 is 0. The highest BCUT2D eigenvalue weighted by Gasteiger charge is 2.21. The number of aryl methyl sites for hydroxylation is 1. The maximum atomic E-state index is 12.0. The Labute approximate surface area is 121 Å². The zero-order valence-corrected chi connectivity index (χ0v) is 12.7. The summed E-state index contributed by atoms with van der Waals surface area (Å²) in [5.41, 5.74) is 1.56. The fourth-order valence-corrected chi connectivity index (χ4v) is 2.70. The van der Waals surface area contributed by atoms with E-state index in [0.29, 0.717) is 18.2 Å². The minimum Gasteiger partial charge on any atom is -0.350 e. The van der Waals surface area contributed by atoms with Crippen molar-refractivity contribution in [2.24, 2.45) is 5.92 Å². The number of likely N-dealkylation sites (tertiary alicyclic amines) is 1. The molecule has 0 spiro atoms. The van der Waals surface area contributed by atoms with Crippen LogP contribution < -0.4 is 5.32 Å². The van der Waals surface area contributed by atoms with Crippen LogP contribution in [0.5, 0.6) is 0 Å². The minimum absolute atomic E-state index is 0.0330. The second-order valence-corrected chi connectivity index (χ2v) is 5.99. The molecule has 1 N–H and O–H groups in total. The van der Waals surface area contributed by atoms with Gasteiger partial charge in [-0.3, -0.25) is 14.7 Å². The summed E-state index contributed by atoms with van der Waals surface area (Å²) in [4.78, 5) is 18.7. The summed E-state index contributed by atoms with van der Waals surface area (Å²) in [5, 5.41) is 3.01. The van der Waals surface area contributed by atoms with Gasteiger partial charge in [0.1, 0.15) is 0 Å². The van der Waals surface area contributed by atoms with Gasteiger partial charge in [-0.05, 0) is 51.3 Å². The second-order valence-electron chi connectivity index (χ2n) is 5.99. The summed E-state index contributed by atoms with van der Waals surface area (Å²) in [6.45, 7) is 9.39. The second kappa shape index (κ2) is 6.84. The van der Waals surface area contributed by atoms with Crippen LogP contribution in [-0.4, -0.2) is 41.5 Å². The van der Waals surface area contributed by atoms with E-state index in [1.807, 2.05) is 19.1 Å². The Kier molecular flexibility index (Phi) is 5.12. The van der Waals surface area contributed by atoms with Crippen molar-refractivity contribution in [2.45, 2.75) is 39.7 Å². The Balaban J connectivity index is 1.82. The molecule has 2 heterocycles. The molecule has 0 aromatic carbocycles. The first kappa shape index (κ1) is 15.0. The van der Waals surface area contributed by atoms with Crippen molar-refractivity contribution in [3.63, 3.8) is 0 Å². The predicted octanol–water partition coefficient (Wildman–Crippen LogP) is 2.24. The molecular weight excluding hydrogens is 250 g/mol. The van der Waals surface area contributed by atoms with Gasteiger partial charge < -0.3 is 5.32 Å². The van der Waals surface area contributed by atoms with Gasteiger partial charge in [-0.15, -0.1) is 0 Å². The highest BCUT2D eigenvalue weighted by atomic mass is 16.1. The van der Waals surface area contributed by atoms with Crippen LogP contribution in [0.15, 0.2) is 18.3 Å². The molecule has 1 aromatic rings. The molecule has 0 bridgehead atoms. The SMILES string of the molecule is Cc1ccc(C(=O)NCC(C)N2CCCC(C)C2)cn1. The normalized spacial score (nSPS) is 21.4. The van der Waals surface area contributed by atoms with Crippen LogP contribution in [0.25, 0.3) is 0 Å². The van der Waals surface area contributed by atoms with Crippen molar-refractivity contribution in [1.29, 1.82) is 0 Å². The van der Waals surface area contributed by atoms with E-state index < -0.39 is 0 Å². The van der Waals surface area contributed by atoms with Crippen LogP contribution >= 0.6 is 0 Å². The lowest BCUT2D eigenvalue weighted by atomic mass is 9.99. The summed E-state index contributed by atoms with van der Waals surface area (Å²) in [6.07, 6.45) is 4.23. The van der Waals surface area contributed by atoms with Crippen LogP contribution in [0.4, 0.5) is 0 Å². The standard InChI is InChI=1S/C16H25N3O/c1-12-5-4-8-19(11-12)14(3)9-18-16(20)15-7-6-13(2)17-10-15/h6-7,10,12,14H,4-5,8-9,11H2,1-3H3,(H,18,20). The van der Waals surface area contributed by atoms with Crippen molar-refractivity contribution in [3.05, 3.63) is 29.6 Å². The minimum atomic E-state index is -0.0330. The van der Waals surface area contributed by atoms with Gasteiger partial charge in [-0.25, -0.2) is 0 Å². The maximum absolute atomic E-state index is 12.0. The van der Waals surface area contributed by atoms with E-state index in [-0.39, 0.29) is 5.91 Å². The van der Waals surface area contributed by atoms with Crippen molar-refractivity contribution in [3.8, 4) is 0 Å². The fraction of sp³-hybridized carbons (Fsp3) is 0.625. The Hall–Kier alpha value is -1.42. The zero-order chi connectivity index (χ0) is 14.5. The van der Waals surface area contributed by atoms with Gasteiger partial charge in [0.15, 0.2) is 0 Å². The van der Waals surface area contributed by atoms with Gasteiger partial charge in [0.25, 0.3) is 5.91 Å². The number of carbonyl (C=O) groups is 1. The van der Waals surface area contributed by atoms with Gasteiger partial charge in [0.05, 0.1) is 5.56 Å². The molecule has 1 aliphatic heterocycles. The van der Waals surface area contributed by atoms with Gasteiger partial charge in [0, 0.05) is 31.0 Å². The van der Waals surface area contributed by atoms with E-state index in [4.69, 9.17) is 0 Å². The number of aromatic nitrogens is 1. The predicted molar refractivity (Wildman–Crippen MR) is 80.7 cm³/mol. The molecule has 1 fully saturated rings. The lowest BCUT2D eigenvalue weighted by molar-refractivity contribution is 0.0917. The number of rotatable bonds is 4. The number of carbonyl (C=O) groups excluding carboxylic acids is 1. The van der Waals surface area contributed by atoms with Crippen molar-refractivity contribution >= 4 is 5.91 Å². The number of hydrogen-bond donors (Lipinski definition) is 1. The zero-order valence-electron chi connectivity index (χ0n) is 12.7. The van der Waals surface area contributed by atoms with Gasteiger partial charge in [-0.2, -0.15) is 0 Å². The molecule has 0 saturated carbocycles. The molecule has 0 aliphatic carbocycles. The van der Waals surface area contributed by atoms with E-state index in [9.17, 15) is 4.79 Å². The first-order valence-electron chi connectivity index (χ1n) is 7.51. The molecule has 2 rings (SSSR count). The van der Waals surface area contributed by atoms with Crippen LogP contribution in [0.3, 0.4) is 0 Å². The van der Waals surface area contributed by atoms with Gasteiger partial charge in [0.2, 0.25) is 0 Å². The highest BCUT2D eigenvalue weighted by Crippen LogP contribution is 2.17. The first-order chi connectivity index (χ1) is 9.56. The molecule has 2 unspecified atom stereocenters. The Morgan fingerprint density at radius 2 is 2.35 bits per heavy atom. The summed E-state index contributed by atoms with van der Waals surface area (Å²) >= 11 is 0. The van der Waals surface area contributed by atoms with E-state index in [2.05, 4.69) is 29.0 Å². The van der Waals surface area contributed by atoms with E-state index in [1.54, 1.807) is 6.20 Å². The van der Waals surface area contributed by atoms with Crippen molar-refractivity contribution in [2.75, 3.05) is 19.6 Å². The number of pyridine rings is 1. The molecule has 0 radical (unpaired) electrons. The summed E-state index contributed by atoms with van der Waals surface area (Å²) in [7, 11) is 0. The summed E-state index contributed by atoms with van der Waals surface area (Å²) in [5.74, 6) is 0.734. The smallest absolute Gasteiger partial charge is 0.252 e. The molecular formula is C16H25N3O. The maximum Gasteiger partial charge on any atom is 0.252 e. The first-order valence-corrected chi connectivity index (χ1v) is 7.51. The van der Waals surface area contributed by atoms with E-state index in [0.717, 1.165) is 24.7 Å².